The molecule has 17 heavy (non-hydrogen) atoms. The summed E-state index contributed by atoms with van der Waals surface area (Å²) in [5.41, 5.74) is 0.360. The predicted molar refractivity (Wildman–Crippen MR) is 71.4 cm³/mol. The van der Waals surface area contributed by atoms with E-state index in [1.165, 1.54) is 0 Å². The summed E-state index contributed by atoms with van der Waals surface area (Å²) in [4.78, 5) is 0. The molecule has 2 unspecified atom stereocenters. The van der Waals surface area contributed by atoms with Gasteiger partial charge in [-0.25, -0.2) is 0 Å². The lowest BCUT2D eigenvalue weighted by molar-refractivity contribution is 0.453. The molecule has 0 aromatic heterocycles. The molecule has 0 heterocycles. The molecule has 2 aliphatic rings. The molecule has 2 rings (SSSR count). The van der Waals surface area contributed by atoms with E-state index in [0.29, 0.717) is 6.16 Å². The van der Waals surface area contributed by atoms with Gasteiger partial charge in [-0.15, -0.1) is 0 Å². The lowest BCUT2D eigenvalue weighted by Crippen LogP contribution is -2.07. The Morgan fingerprint density at radius 1 is 1.12 bits per heavy atom. The van der Waals surface area contributed by atoms with Gasteiger partial charge in [-0.2, -0.15) is 0 Å². The van der Waals surface area contributed by atoms with Gasteiger partial charge >= 0.3 is 8.03 Å². The molecule has 98 valence electrons. The maximum Gasteiger partial charge on any atom is 0.517 e. The molecule has 0 aromatic carbocycles. The first kappa shape index (κ1) is 13.7. The zero-order valence-corrected chi connectivity index (χ0v) is 12.4. The van der Waals surface area contributed by atoms with Crippen molar-refractivity contribution in [1.29, 1.82) is 0 Å². The van der Waals surface area contributed by atoms with Gasteiger partial charge in [0.2, 0.25) is 0 Å². The van der Waals surface area contributed by atoms with E-state index < -0.39 is 15.4 Å². The molecule has 0 spiro atoms. The lowest BCUT2D eigenvalue weighted by Gasteiger charge is -2.17. The highest BCUT2D eigenvalue weighted by atomic mass is 31.2. The zero-order chi connectivity index (χ0) is 12.3. The van der Waals surface area contributed by atoms with Crippen molar-refractivity contribution in [2.75, 3.05) is 6.16 Å². The first-order chi connectivity index (χ1) is 8.15. The Morgan fingerprint density at radius 2 is 1.65 bits per heavy atom. The highest BCUT2D eigenvalue weighted by Gasteiger charge is 2.46. The largest absolute Gasteiger partial charge is 0.517 e. The Bertz CT molecular complexity index is 318. The maximum absolute atomic E-state index is 12.7. The molecule has 5 heteroatoms. The summed E-state index contributed by atoms with van der Waals surface area (Å²) in [5.74, 6) is 0. The Morgan fingerprint density at radius 3 is 2.18 bits per heavy atom. The fraction of sp³-hybridized carbons (Fsp3) is 1.00. The normalized spacial score (nSPS) is 27.2. The Kier molecular flexibility index (Phi) is 4.80. The third-order valence-corrected chi connectivity index (χ3v) is 9.54. The predicted octanol–water partition coefficient (Wildman–Crippen LogP) is 4.93. The van der Waals surface area contributed by atoms with Crippen LogP contribution in [0.25, 0.3) is 0 Å². The number of hydrogen-bond donors (Lipinski definition) is 0. The van der Waals surface area contributed by atoms with Crippen molar-refractivity contribution >= 4 is 15.4 Å². The van der Waals surface area contributed by atoms with Gasteiger partial charge < -0.3 is 0 Å². The SMILES string of the molecule is CCP(=O)(O[P+](=O)C1CCCC1)C1CCCC1. The standard InChI is InChI=1S/C12H23O3P2/c1-2-17(14,12-9-5-6-10-12)15-16(13)11-7-3-4-8-11/h11-12H,2-10H2,1H3/q+1. The Labute approximate surface area is 105 Å². The van der Waals surface area contributed by atoms with Crippen LogP contribution < -0.4 is 0 Å². The molecular weight excluding hydrogens is 254 g/mol. The minimum atomic E-state index is -2.64. The van der Waals surface area contributed by atoms with Gasteiger partial charge in [0.15, 0.2) is 5.66 Å². The van der Waals surface area contributed by atoms with Gasteiger partial charge in [-0.3, -0.25) is 4.57 Å². The first-order valence-electron chi connectivity index (χ1n) is 6.90. The summed E-state index contributed by atoms with van der Waals surface area (Å²) >= 11 is 0. The van der Waals surface area contributed by atoms with Crippen molar-refractivity contribution in [3.63, 3.8) is 0 Å². The first-order valence-corrected chi connectivity index (χ1v) is 10.0. The topological polar surface area (TPSA) is 43.4 Å². The van der Waals surface area contributed by atoms with E-state index in [-0.39, 0.29) is 11.3 Å². The number of rotatable bonds is 5. The molecule has 3 nitrogen and oxygen atoms in total. The van der Waals surface area contributed by atoms with Gasteiger partial charge in [-0.1, -0.05) is 24.1 Å². The van der Waals surface area contributed by atoms with Gasteiger partial charge in [0.25, 0.3) is 7.37 Å². The summed E-state index contributed by atoms with van der Waals surface area (Å²) < 4.78 is 30.5. The molecular formula is C12H23O3P2+. The van der Waals surface area contributed by atoms with Crippen LogP contribution in [0.2, 0.25) is 0 Å². The molecule has 0 aliphatic heterocycles. The monoisotopic (exact) mass is 277 g/mol. The summed E-state index contributed by atoms with van der Waals surface area (Å²) in [6.07, 6.45) is 9.12. The van der Waals surface area contributed by atoms with Crippen LogP contribution >= 0.6 is 15.4 Å². The summed E-state index contributed by atoms with van der Waals surface area (Å²) in [6.45, 7) is 1.91. The van der Waals surface area contributed by atoms with Gasteiger partial charge in [0.1, 0.15) is 0 Å². The van der Waals surface area contributed by atoms with E-state index in [0.717, 1.165) is 51.4 Å². The molecule has 0 N–H and O–H groups in total. The quantitative estimate of drug-likeness (QED) is 0.669. The second kappa shape index (κ2) is 5.95. The van der Waals surface area contributed by atoms with Crippen LogP contribution in [0, 0.1) is 0 Å². The summed E-state index contributed by atoms with van der Waals surface area (Å²) in [6, 6.07) is 0. The van der Waals surface area contributed by atoms with Crippen LogP contribution in [-0.4, -0.2) is 17.5 Å². The van der Waals surface area contributed by atoms with Gasteiger partial charge in [0, 0.05) is 11.8 Å². The van der Waals surface area contributed by atoms with Crippen LogP contribution in [-0.2, 0) is 13.4 Å². The van der Waals surface area contributed by atoms with Crippen molar-refractivity contribution < 1.29 is 13.4 Å². The van der Waals surface area contributed by atoms with Gasteiger partial charge in [-0.05, 0) is 43.1 Å². The van der Waals surface area contributed by atoms with Gasteiger partial charge in [0.05, 0.1) is 0 Å². The third-order valence-electron chi connectivity index (χ3n) is 4.16. The second-order valence-corrected chi connectivity index (χ2v) is 10.1. The van der Waals surface area contributed by atoms with Crippen molar-refractivity contribution in [2.24, 2.45) is 0 Å². The van der Waals surface area contributed by atoms with Crippen molar-refractivity contribution in [3.8, 4) is 0 Å². The number of hydrogen-bond acceptors (Lipinski definition) is 3. The molecule has 2 saturated carbocycles. The van der Waals surface area contributed by atoms with E-state index >= 15 is 0 Å². The summed E-state index contributed by atoms with van der Waals surface area (Å²) in [5, 5.41) is 0. The molecule has 0 amide bonds. The van der Waals surface area contributed by atoms with E-state index in [1.54, 1.807) is 0 Å². The smallest absolute Gasteiger partial charge is 0.288 e. The molecule has 0 radical (unpaired) electrons. The summed E-state index contributed by atoms with van der Waals surface area (Å²) in [7, 11) is -4.34. The van der Waals surface area contributed by atoms with Crippen LogP contribution in [0.4, 0.5) is 0 Å². The van der Waals surface area contributed by atoms with Crippen LogP contribution in [0.1, 0.15) is 58.3 Å². The highest BCUT2D eigenvalue weighted by Crippen LogP contribution is 2.63. The average Bonchev–Trinajstić information content (AvgIpc) is 3.01. The molecule has 0 aromatic rings. The fourth-order valence-corrected chi connectivity index (χ4v) is 8.07. The molecule has 0 saturated heterocycles. The minimum absolute atomic E-state index is 0.172. The molecule has 0 bridgehead atoms. The maximum atomic E-state index is 12.7. The average molecular weight is 277 g/mol. The van der Waals surface area contributed by atoms with E-state index in [4.69, 9.17) is 4.31 Å². The highest BCUT2D eigenvalue weighted by molar-refractivity contribution is 7.66. The van der Waals surface area contributed by atoms with Crippen molar-refractivity contribution in [1.82, 2.24) is 0 Å². The van der Waals surface area contributed by atoms with Crippen molar-refractivity contribution in [2.45, 2.75) is 69.6 Å². The Balaban J connectivity index is 1.97. The van der Waals surface area contributed by atoms with Crippen LogP contribution in [0.5, 0.6) is 0 Å². The molecule has 2 aliphatic carbocycles. The van der Waals surface area contributed by atoms with Crippen molar-refractivity contribution in [3.05, 3.63) is 0 Å². The molecule has 2 fully saturated rings. The van der Waals surface area contributed by atoms with Crippen LogP contribution in [0.3, 0.4) is 0 Å². The fourth-order valence-electron chi connectivity index (χ4n) is 3.00. The Hall–Kier alpha value is 0.290. The van der Waals surface area contributed by atoms with Crippen LogP contribution in [0.15, 0.2) is 0 Å². The minimum Gasteiger partial charge on any atom is -0.288 e. The second-order valence-electron chi connectivity index (χ2n) is 5.29. The zero-order valence-electron chi connectivity index (χ0n) is 10.6. The van der Waals surface area contributed by atoms with E-state index in [2.05, 4.69) is 0 Å². The lowest BCUT2D eigenvalue weighted by atomic mass is 10.4. The van der Waals surface area contributed by atoms with E-state index in [9.17, 15) is 9.13 Å². The van der Waals surface area contributed by atoms with E-state index in [1.807, 2.05) is 6.92 Å². The third kappa shape index (κ3) is 3.19. The molecule has 2 atom stereocenters.